The molecule has 0 heterocycles. The van der Waals surface area contributed by atoms with Crippen molar-refractivity contribution in [1.82, 2.24) is 0 Å². The molecule has 0 radical (unpaired) electrons. The van der Waals surface area contributed by atoms with Crippen LogP contribution in [-0.2, 0) is 0 Å². The van der Waals surface area contributed by atoms with E-state index in [1.807, 2.05) is 0 Å². The van der Waals surface area contributed by atoms with E-state index in [1.165, 1.54) is 19.2 Å². The smallest absolute Gasteiger partial charge is 0.170 e. The van der Waals surface area contributed by atoms with Crippen LogP contribution in [0.4, 0.5) is 4.39 Å². The van der Waals surface area contributed by atoms with E-state index in [1.54, 1.807) is 0 Å². The number of methoxy groups -OCH3 is 1. The summed E-state index contributed by atoms with van der Waals surface area (Å²) in [5, 5.41) is 9.67. The first-order chi connectivity index (χ1) is 6.60. The van der Waals surface area contributed by atoms with Crippen LogP contribution in [0.2, 0.25) is 5.02 Å². The van der Waals surface area contributed by atoms with Gasteiger partial charge in [0.15, 0.2) is 11.6 Å². The molecule has 0 fully saturated rings. The van der Waals surface area contributed by atoms with Gasteiger partial charge in [-0.05, 0) is 6.07 Å². The van der Waals surface area contributed by atoms with Crippen molar-refractivity contribution in [3.63, 3.8) is 0 Å². The number of aliphatic hydroxyl groups excluding tert-OH is 1. The summed E-state index contributed by atoms with van der Waals surface area (Å²) < 4.78 is 18.2. The first-order valence-corrected chi connectivity index (χ1v) is 4.39. The molecule has 5 heteroatoms. The second-order valence-electron chi connectivity index (χ2n) is 2.76. The van der Waals surface area contributed by atoms with Crippen LogP contribution in [0.3, 0.4) is 0 Å². The Balaban J connectivity index is 3.21. The summed E-state index contributed by atoms with van der Waals surface area (Å²) in [5.74, 6) is -0.630. The van der Waals surface area contributed by atoms with Crippen LogP contribution >= 0.6 is 11.6 Å². The summed E-state index contributed by atoms with van der Waals surface area (Å²) in [4.78, 5) is 0. The van der Waals surface area contributed by atoms with Crippen molar-refractivity contribution in [3.8, 4) is 5.75 Å². The van der Waals surface area contributed by atoms with Crippen molar-refractivity contribution >= 4 is 11.6 Å². The fourth-order valence-electron chi connectivity index (χ4n) is 1.10. The van der Waals surface area contributed by atoms with E-state index < -0.39 is 11.9 Å². The molecule has 0 aliphatic rings. The maximum absolute atomic E-state index is 13.5. The largest absolute Gasteiger partial charge is 0.494 e. The summed E-state index contributed by atoms with van der Waals surface area (Å²) in [6.45, 7) is -0.0690. The number of hydrogen-bond donors (Lipinski definition) is 2. The Morgan fingerprint density at radius 1 is 1.64 bits per heavy atom. The molecule has 1 aromatic rings. The lowest BCUT2D eigenvalue weighted by molar-refractivity contribution is 0.180. The average molecular weight is 220 g/mol. The number of ether oxygens (including phenoxy) is 1. The third-order valence-corrected chi connectivity index (χ3v) is 2.05. The van der Waals surface area contributed by atoms with Gasteiger partial charge in [-0.15, -0.1) is 0 Å². The second kappa shape index (κ2) is 4.59. The van der Waals surface area contributed by atoms with E-state index >= 15 is 0 Å². The van der Waals surface area contributed by atoms with Gasteiger partial charge in [0.25, 0.3) is 0 Å². The Morgan fingerprint density at radius 2 is 2.29 bits per heavy atom. The molecule has 0 spiro atoms. The predicted molar refractivity (Wildman–Crippen MR) is 52.0 cm³/mol. The van der Waals surface area contributed by atoms with Crippen molar-refractivity contribution in [2.24, 2.45) is 5.73 Å². The molecule has 0 aliphatic carbocycles. The molecular weight excluding hydrogens is 209 g/mol. The van der Waals surface area contributed by atoms with Crippen molar-refractivity contribution in [2.45, 2.75) is 6.10 Å². The molecule has 3 nitrogen and oxygen atoms in total. The van der Waals surface area contributed by atoms with Gasteiger partial charge in [-0.25, -0.2) is 4.39 Å². The number of aliphatic hydroxyl groups is 1. The van der Waals surface area contributed by atoms with Crippen LogP contribution in [-0.4, -0.2) is 18.8 Å². The fourth-order valence-corrected chi connectivity index (χ4v) is 1.32. The topological polar surface area (TPSA) is 55.5 Å². The highest BCUT2D eigenvalue weighted by atomic mass is 35.5. The minimum Gasteiger partial charge on any atom is -0.494 e. The van der Waals surface area contributed by atoms with Crippen LogP contribution in [0, 0.1) is 5.82 Å². The molecule has 1 rings (SSSR count). The van der Waals surface area contributed by atoms with Crippen molar-refractivity contribution in [3.05, 3.63) is 28.5 Å². The van der Waals surface area contributed by atoms with Crippen molar-refractivity contribution < 1.29 is 14.2 Å². The summed E-state index contributed by atoms with van der Waals surface area (Å²) in [6.07, 6.45) is -1.07. The molecule has 1 unspecified atom stereocenters. The van der Waals surface area contributed by atoms with Gasteiger partial charge in [0.2, 0.25) is 0 Å². The van der Waals surface area contributed by atoms with Gasteiger partial charge in [0.05, 0.1) is 13.2 Å². The molecule has 1 atom stereocenters. The SMILES string of the molecule is COc1cc(Cl)cc(C(O)CN)c1F. The third kappa shape index (κ3) is 2.15. The highest BCUT2D eigenvalue weighted by Crippen LogP contribution is 2.29. The number of benzene rings is 1. The number of rotatable bonds is 3. The molecule has 1 aromatic carbocycles. The highest BCUT2D eigenvalue weighted by molar-refractivity contribution is 6.30. The Bertz CT molecular complexity index is 333. The van der Waals surface area contributed by atoms with Gasteiger partial charge < -0.3 is 15.6 Å². The fraction of sp³-hybridized carbons (Fsp3) is 0.333. The Kier molecular flexibility index (Phi) is 3.69. The zero-order valence-electron chi connectivity index (χ0n) is 7.63. The zero-order valence-corrected chi connectivity index (χ0v) is 8.38. The van der Waals surface area contributed by atoms with Crippen molar-refractivity contribution in [2.75, 3.05) is 13.7 Å². The van der Waals surface area contributed by atoms with Crippen LogP contribution in [0.5, 0.6) is 5.75 Å². The number of halogens is 2. The van der Waals surface area contributed by atoms with E-state index in [-0.39, 0.29) is 17.9 Å². The Hall–Kier alpha value is -0.840. The van der Waals surface area contributed by atoms with E-state index in [9.17, 15) is 9.50 Å². The van der Waals surface area contributed by atoms with Crippen LogP contribution in [0.15, 0.2) is 12.1 Å². The van der Waals surface area contributed by atoms with Gasteiger partial charge >= 0.3 is 0 Å². The number of nitrogens with two attached hydrogens (primary N) is 1. The van der Waals surface area contributed by atoms with E-state index in [4.69, 9.17) is 22.1 Å². The minimum atomic E-state index is -1.07. The summed E-state index contributed by atoms with van der Waals surface area (Å²) in [7, 11) is 1.33. The molecule has 3 N–H and O–H groups in total. The molecule has 78 valence electrons. The lowest BCUT2D eigenvalue weighted by Gasteiger charge is -2.12. The van der Waals surface area contributed by atoms with E-state index in [2.05, 4.69) is 0 Å². The molecule has 0 saturated heterocycles. The normalized spacial score (nSPS) is 12.6. The van der Waals surface area contributed by atoms with Crippen LogP contribution in [0.25, 0.3) is 0 Å². The van der Waals surface area contributed by atoms with E-state index in [0.29, 0.717) is 5.02 Å². The van der Waals surface area contributed by atoms with Gasteiger partial charge in [0.1, 0.15) is 0 Å². The molecule has 0 aromatic heterocycles. The summed E-state index contributed by atoms with van der Waals surface area (Å²) in [6, 6.07) is 2.67. The average Bonchev–Trinajstić information content (AvgIpc) is 2.19. The Labute approximate surface area is 86.2 Å². The molecular formula is C9H11ClFNO2. The number of hydrogen-bond acceptors (Lipinski definition) is 3. The van der Waals surface area contributed by atoms with Crippen LogP contribution < -0.4 is 10.5 Å². The van der Waals surface area contributed by atoms with Gasteiger partial charge in [-0.2, -0.15) is 0 Å². The second-order valence-corrected chi connectivity index (χ2v) is 3.20. The monoisotopic (exact) mass is 219 g/mol. The van der Waals surface area contributed by atoms with Crippen molar-refractivity contribution in [1.29, 1.82) is 0 Å². The zero-order chi connectivity index (χ0) is 10.7. The lowest BCUT2D eigenvalue weighted by atomic mass is 10.1. The third-order valence-electron chi connectivity index (χ3n) is 1.83. The van der Waals surface area contributed by atoms with Gasteiger partial charge in [0, 0.05) is 23.2 Å². The molecule has 0 aliphatic heterocycles. The van der Waals surface area contributed by atoms with Gasteiger partial charge in [-0.3, -0.25) is 0 Å². The predicted octanol–water partition coefficient (Wildman–Crippen LogP) is 1.48. The molecule has 0 saturated carbocycles. The van der Waals surface area contributed by atoms with Gasteiger partial charge in [-0.1, -0.05) is 11.6 Å². The summed E-state index contributed by atoms with van der Waals surface area (Å²) >= 11 is 5.70. The molecule has 0 bridgehead atoms. The summed E-state index contributed by atoms with van der Waals surface area (Å²) in [5.41, 5.74) is 5.27. The van der Waals surface area contributed by atoms with E-state index in [0.717, 1.165) is 0 Å². The maximum atomic E-state index is 13.5. The quantitative estimate of drug-likeness (QED) is 0.810. The first-order valence-electron chi connectivity index (χ1n) is 4.01. The Morgan fingerprint density at radius 3 is 2.79 bits per heavy atom. The lowest BCUT2D eigenvalue weighted by Crippen LogP contribution is -2.13. The molecule has 14 heavy (non-hydrogen) atoms. The first kappa shape index (κ1) is 11.2. The molecule has 0 amide bonds. The minimum absolute atomic E-state index is 0.000000000000000222. The van der Waals surface area contributed by atoms with Crippen LogP contribution in [0.1, 0.15) is 11.7 Å². The highest BCUT2D eigenvalue weighted by Gasteiger charge is 2.16. The standard InChI is InChI=1S/C9H11ClFNO2/c1-14-8-3-5(10)2-6(9(8)11)7(13)4-12/h2-3,7,13H,4,12H2,1H3. The maximum Gasteiger partial charge on any atom is 0.170 e.